The van der Waals surface area contributed by atoms with E-state index in [0.717, 1.165) is 38.8 Å². The van der Waals surface area contributed by atoms with Crippen LogP contribution in [0.2, 0.25) is 0 Å². The molecule has 1 aliphatic rings. The molecule has 1 saturated heterocycles. The number of carbonyl (C=O) groups is 2. The minimum Gasteiger partial charge on any atom is -0.352 e. The van der Waals surface area contributed by atoms with Crippen molar-refractivity contribution < 1.29 is 9.59 Å². The van der Waals surface area contributed by atoms with Crippen LogP contribution in [0, 0.1) is 0 Å². The number of likely N-dealkylation sites (tertiary alicyclic amines) is 1. The second-order valence-corrected chi connectivity index (χ2v) is 5.66. The highest BCUT2D eigenvalue weighted by Crippen LogP contribution is 2.09. The van der Waals surface area contributed by atoms with Gasteiger partial charge in [-0.2, -0.15) is 0 Å². The lowest BCUT2D eigenvalue weighted by atomic mass is 10.1. The Morgan fingerprint density at radius 1 is 1.05 bits per heavy atom. The molecule has 0 aliphatic carbocycles. The van der Waals surface area contributed by atoms with Crippen molar-refractivity contribution in [3.63, 3.8) is 0 Å². The molecule has 2 amide bonds. The predicted octanol–water partition coefficient (Wildman–Crippen LogP) is 1.28. The zero-order valence-electron chi connectivity index (χ0n) is 13.2. The molecule has 116 valence electrons. The second kappa shape index (κ2) is 8.25. The molecular formula is C15H29N3O2. The summed E-state index contributed by atoms with van der Waals surface area (Å²) in [6.07, 6.45) is 4.03. The van der Waals surface area contributed by atoms with Crippen LogP contribution in [-0.2, 0) is 9.59 Å². The van der Waals surface area contributed by atoms with Crippen molar-refractivity contribution in [3.8, 4) is 0 Å². The van der Waals surface area contributed by atoms with Gasteiger partial charge in [-0.3, -0.25) is 14.9 Å². The molecule has 0 aromatic heterocycles. The van der Waals surface area contributed by atoms with Crippen LogP contribution in [0.25, 0.3) is 0 Å². The first-order chi connectivity index (χ1) is 9.49. The minimum atomic E-state index is -0.350. The summed E-state index contributed by atoms with van der Waals surface area (Å²) in [5.74, 6) is 0.0736. The van der Waals surface area contributed by atoms with Gasteiger partial charge in [-0.1, -0.05) is 13.8 Å². The van der Waals surface area contributed by atoms with Crippen LogP contribution in [0.4, 0.5) is 0 Å². The average molecular weight is 283 g/mol. The van der Waals surface area contributed by atoms with Crippen molar-refractivity contribution in [1.29, 1.82) is 0 Å². The van der Waals surface area contributed by atoms with Gasteiger partial charge in [0.05, 0.1) is 12.1 Å². The van der Waals surface area contributed by atoms with Gasteiger partial charge in [-0.25, -0.2) is 0 Å². The van der Waals surface area contributed by atoms with Gasteiger partial charge in [0.2, 0.25) is 11.8 Å². The molecule has 0 saturated carbocycles. The molecule has 20 heavy (non-hydrogen) atoms. The minimum absolute atomic E-state index is 0.0280. The van der Waals surface area contributed by atoms with Gasteiger partial charge in [0.25, 0.3) is 0 Å². The van der Waals surface area contributed by atoms with Crippen molar-refractivity contribution in [1.82, 2.24) is 15.5 Å². The Morgan fingerprint density at radius 2 is 1.60 bits per heavy atom. The maximum Gasteiger partial charge on any atom is 0.239 e. The summed E-state index contributed by atoms with van der Waals surface area (Å²) in [5, 5.41) is 6.11. The molecule has 2 N–H and O–H groups in total. The van der Waals surface area contributed by atoms with Crippen LogP contribution in [0.1, 0.15) is 53.4 Å². The first-order valence-electron chi connectivity index (χ1n) is 7.84. The van der Waals surface area contributed by atoms with E-state index in [1.807, 2.05) is 18.7 Å². The molecule has 5 heteroatoms. The summed E-state index contributed by atoms with van der Waals surface area (Å²) in [6.45, 7) is 9.46. The Balaban J connectivity index is 2.41. The van der Waals surface area contributed by atoms with Crippen molar-refractivity contribution >= 4 is 11.8 Å². The van der Waals surface area contributed by atoms with Crippen molar-refractivity contribution in [2.24, 2.45) is 0 Å². The molecule has 0 radical (unpaired) electrons. The lowest BCUT2D eigenvalue weighted by molar-refractivity contribution is -0.132. The fourth-order valence-electron chi connectivity index (χ4n) is 2.55. The number of amides is 2. The fraction of sp³-hybridized carbons (Fsp3) is 0.867. The van der Waals surface area contributed by atoms with Crippen LogP contribution in [0.3, 0.4) is 0 Å². The molecule has 1 aliphatic heterocycles. The average Bonchev–Trinajstić information content (AvgIpc) is 2.97. The van der Waals surface area contributed by atoms with Gasteiger partial charge in [0.1, 0.15) is 0 Å². The van der Waals surface area contributed by atoms with Crippen LogP contribution < -0.4 is 10.6 Å². The molecule has 0 aromatic rings. The van der Waals surface area contributed by atoms with E-state index in [1.54, 1.807) is 0 Å². The van der Waals surface area contributed by atoms with E-state index >= 15 is 0 Å². The molecular weight excluding hydrogens is 254 g/mol. The standard InChI is InChI=1S/C15H29N3O2/c1-5-13(6-2)17-14(19)11(3)16-12(4)15(20)18-9-7-8-10-18/h11-13,16H,5-10H2,1-4H3,(H,17,19). The number of nitrogens with one attached hydrogen (secondary N) is 2. The van der Waals surface area contributed by atoms with Crippen molar-refractivity contribution in [3.05, 3.63) is 0 Å². The van der Waals surface area contributed by atoms with E-state index in [0.29, 0.717) is 0 Å². The summed E-state index contributed by atoms with van der Waals surface area (Å²) in [6, 6.07) is -0.441. The molecule has 0 spiro atoms. The highest BCUT2D eigenvalue weighted by Gasteiger charge is 2.26. The number of carbonyl (C=O) groups excluding carboxylic acids is 2. The maximum atomic E-state index is 12.2. The lowest BCUT2D eigenvalue weighted by Gasteiger charge is -2.25. The molecule has 0 bridgehead atoms. The number of hydrogen-bond donors (Lipinski definition) is 2. The Kier molecular flexibility index (Phi) is 6.99. The molecule has 1 rings (SSSR count). The van der Waals surface area contributed by atoms with E-state index in [1.165, 1.54) is 0 Å². The van der Waals surface area contributed by atoms with E-state index in [2.05, 4.69) is 24.5 Å². The Morgan fingerprint density at radius 3 is 2.10 bits per heavy atom. The monoisotopic (exact) mass is 283 g/mol. The lowest BCUT2D eigenvalue weighted by Crippen LogP contribution is -2.52. The molecule has 1 fully saturated rings. The van der Waals surface area contributed by atoms with E-state index in [-0.39, 0.29) is 29.9 Å². The maximum absolute atomic E-state index is 12.2. The van der Waals surface area contributed by atoms with Gasteiger partial charge >= 0.3 is 0 Å². The topological polar surface area (TPSA) is 61.4 Å². The summed E-state index contributed by atoms with van der Waals surface area (Å²) in [4.78, 5) is 26.1. The second-order valence-electron chi connectivity index (χ2n) is 5.66. The SMILES string of the molecule is CCC(CC)NC(=O)C(C)NC(C)C(=O)N1CCCC1. The number of hydrogen-bond acceptors (Lipinski definition) is 3. The molecule has 0 aromatic carbocycles. The number of rotatable bonds is 7. The Bertz CT molecular complexity index is 323. The van der Waals surface area contributed by atoms with E-state index in [4.69, 9.17) is 0 Å². The summed E-state index contributed by atoms with van der Waals surface area (Å²) < 4.78 is 0. The largest absolute Gasteiger partial charge is 0.352 e. The van der Waals surface area contributed by atoms with Crippen LogP contribution in [0.5, 0.6) is 0 Å². The van der Waals surface area contributed by atoms with Crippen LogP contribution in [0.15, 0.2) is 0 Å². The number of nitrogens with zero attached hydrogens (tertiary/aromatic N) is 1. The molecule has 5 nitrogen and oxygen atoms in total. The van der Waals surface area contributed by atoms with Crippen molar-refractivity contribution in [2.45, 2.75) is 71.5 Å². The molecule has 2 atom stereocenters. The van der Waals surface area contributed by atoms with E-state index < -0.39 is 0 Å². The third-order valence-corrected chi connectivity index (χ3v) is 4.01. The fourth-order valence-corrected chi connectivity index (χ4v) is 2.55. The van der Waals surface area contributed by atoms with Gasteiger partial charge in [0.15, 0.2) is 0 Å². The Hall–Kier alpha value is -1.10. The summed E-state index contributed by atoms with van der Waals surface area (Å²) >= 11 is 0. The normalized spacial score (nSPS) is 18.1. The quantitative estimate of drug-likeness (QED) is 0.740. The van der Waals surface area contributed by atoms with Crippen LogP contribution in [-0.4, -0.2) is 47.9 Å². The first-order valence-corrected chi connectivity index (χ1v) is 7.84. The van der Waals surface area contributed by atoms with Gasteiger partial charge in [-0.15, -0.1) is 0 Å². The van der Waals surface area contributed by atoms with Gasteiger partial charge < -0.3 is 10.2 Å². The van der Waals surface area contributed by atoms with Crippen LogP contribution >= 0.6 is 0 Å². The van der Waals surface area contributed by atoms with Crippen molar-refractivity contribution in [2.75, 3.05) is 13.1 Å². The van der Waals surface area contributed by atoms with Gasteiger partial charge in [0, 0.05) is 19.1 Å². The first kappa shape index (κ1) is 17.0. The molecule has 1 heterocycles. The third kappa shape index (κ3) is 4.78. The highest BCUT2D eigenvalue weighted by molar-refractivity contribution is 5.85. The predicted molar refractivity (Wildman–Crippen MR) is 80.4 cm³/mol. The summed E-state index contributed by atoms with van der Waals surface area (Å²) in [5.41, 5.74) is 0. The van der Waals surface area contributed by atoms with E-state index in [9.17, 15) is 9.59 Å². The molecule has 2 unspecified atom stereocenters. The smallest absolute Gasteiger partial charge is 0.239 e. The van der Waals surface area contributed by atoms with Gasteiger partial charge in [-0.05, 0) is 39.5 Å². The highest BCUT2D eigenvalue weighted by atomic mass is 16.2. The zero-order valence-corrected chi connectivity index (χ0v) is 13.2. The zero-order chi connectivity index (χ0) is 15.1. The third-order valence-electron chi connectivity index (χ3n) is 4.01. The summed E-state index contributed by atoms with van der Waals surface area (Å²) in [7, 11) is 0. The Labute approximate surface area is 122 Å².